The predicted octanol–water partition coefficient (Wildman–Crippen LogP) is 3.91. The van der Waals surface area contributed by atoms with E-state index in [1.54, 1.807) is 0 Å². The number of anilines is 1. The van der Waals surface area contributed by atoms with Crippen molar-refractivity contribution in [3.05, 3.63) is 23.8 Å². The summed E-state index contributed by atoms with van der Waals surface area (Å²) < 4.78 is 44.0. The maximum atomic E-state index is 12.6. The van der Waals surface area contributed by atoms with Crippen molar-refractivity contribution in [2.75, 3.05) is 18.5 Å². The van der Waals surface area contributed by atoms with Crippen LogP contribution in [0.15, 0.2) is 18.2 Å². The number of fused-ring (bicyclic) bond motifs is 1. The maximum Gasteiger partial charge on any atom is 0.416 e. The van der Waals surface area contributed by atoms with Crippen LogP contribution in [0.1, 0.15) is 18.4 Å². The quantitative estimate of drug-likeness (QED) is 0.913. The van der Waals surface area contributed by atoms with Gasteiger partial charge in [0.05, 0.1) is 28.4 Å². The lowest BCUT2D eigenvalue weighted by atomic mass is 10.1. The Balaban J connectivity index is 1.83. The summed E-state index contributed by atoms with van der Waals surface area (Å²) >= 11 is 1.37. The van der Waals surface area contributed by atoms with E-state index in [4.69, 9.17) is 4.74 Å². The molecule has 2 aromatic rings. The summed E-state index contributed by atoms with van der Waals surface area (Å²) in [5.41, 5.74) is -0.285. The van der Waals surface area contributed by atoms with Crippen molar-refractivity contribution in [1.82, 2.24) is 4.98 Å². The molecule has 0 unspecified atom stereocenters. The molecule has 1 saturated heterocycles. The van der Waals surface area contributed by atoms with Gasteiger partial charge in [-0.2, -0.15) is 13.2 Å². The molecule has 3 nitrogen and oxygen atoms in total. The summed E-state index contributed by atoms with van der Waals surface area (Å²) in [6.45, 7) is 1.39. The van der Waals surface area contributed by atoms with E-state index in [9.17, 15) is 13.2 Å². The van der Waals surface area contributed by atoms with E-state index < -0.39 is 11.7 Å². The Kier molecular flexibility index (Phi) is 3.55. The van der Waals surface area contributed by atoms with Crippen molar-refractivity contribution in [3.8, 4) is 0 Å². The summed E-state index contributed by atoms with van der Waals surface area (Å²) in [5, 5.41) is 3.88. The second-order valence-corrected chi connectivity index (χ2v) is 5.79. The average molecular weight is 302 g/mol. The third kappa shape index (κ3) is 2.88. The number of nitrogens with zero attached hydrogens (tertiary/aromatic N) is 1. The topological polar surface area (TPSA) is 34.1 Å². The van der Waals surface area contributed by atoms with Gasteiger partial charge in [-0.1, -0.05) is 11.3 Å². The zero-order chi connectivity index (χ0) is 14.2. The van der Waals surface area contributed by atoms with Crippen LogP contribution in [0.4, 0.5) is 18.3 Å². The van der Waals surface area contributed by atoms with Crippen molar-refractivity contribution in [2.45, 2.75) is 25.1 Å². The fraction of sp³-hybridized carbons (Fsp3) is 0.462. The summed E-state index contributed by atoms with van der Waals surface area (Å²) in [6.07, 6.45) is -2.35. The van der Waals surface area contributed by atoms with Crippen molar-refractivity contribution in [3.63, 3.8) is 0 Å². The highest BCUT2D eigenvalue weighted by molar-refractivity contribution is 7.22. The van der Waals surface area contributed by atoms with Crippen LogP contribution in [0.3, 0.4) is 0 Å². The first kappa shape index (κ1) is 13.6. The van der Waals surface area contributed by atoms with Crippen LogP contribution in [0.5, 0.6) is 0 Å². The Hall–Kier alpha value is -1.34. The van der Waals surface area contributed by atoms with Gasteiger partial charge in [0.2, 0.25) is 0 Å². The molecule has 1 atom stereocenters. The van der Waals surface area contributed by atoms with Gasteiger partial charge in [-0.25, -0.2) is 4.98 Å². The largest absolute Gasteiger partial charge is 0.416 e. The van der Waals surface area contributed by atoms with Crippen molar-refractivity contribution >= 4 is 26.7 Å². The standard InChI is InChI=1S/C13H13F3N2OS/c14-13(15,16)8-3-4-11-10(6-8)18-12(20-11)17-9-2-1-5-19-7-9/h3-4,6,9H,1-2,5,7H2,(H,17,18)/t9-/m0/s1. The molecule has 0 radical (unpaired) electrons. The van der Waals surface area contributed by atoms with E-state index in [0.29, 0.717) is 17.3 Å². The second-order valence-electron chi connectivity index (χ2n) is 4.76. The minimum Gasteiger partial charge on any atom is -0.379 e. The van der Waals surface area contributed by atoms with Crippen LogP contribution >= 0.6 is 11.3 Å². The fourth-order valence-corrected chi connectivity index (χ4v) is 3.12. The van der Waals surface area contributed by atoms with Gasteiger partial charge in [0.15, 0.2) is 5.13 Å². The lowest BCUT2D eigenvalue weighted by molar-refractivity contribution is -0.137. The first-order valence-corrected chi connectivity index (χ1v) is 7.16. The van der Waals surface area contributed by atoms with E-state index in [-0.39, 0.29) is 6.04 Å². The summed E-state index contributed by atoms with van der Waals surface area (Å²) in [7, 11) is 0. The normalized spacial score (nSPS) is 20.2. The Bertz CT molecular complexity index is 605. The van der Waals surface area contributed by atoms with E-state index in [1.165, 1.54) is 17.4 Å². The van der Waals surface area contributed by atoms with Gasteiger partial charge in [0.1, 0.15) is 0 Å². The SMILES string of the molecule is FC(F)(F)c1ccc2sc(N[C@H]3CCCOC3)nc2c1. The Morgan fingerprint density at radius 2 is 2.20 bits per heavy atom. The number of alkyl halides is 3. The lowest BCUT2D eigenvalue weighted by Gasteiger charge is -2.22. The maximum absolute atomic E-state index is 12.6. The number of hydrogen-bond acceptors (Lipinski definition) is 4. The van der Waals surface area contributed by atoms with E-state index in [2.05, 4.69) is 10.3 Å². The lowest BCUT2D eigenvalue weighted by Crippen LogP contribution is -2.29. The number of ether oxygens (including phenoxy) is 1. The second kappa shape index (κ2) is 5.21. The highest BCUT2D eigenvalue weighted by Gasteiger charge is 2.30. The summed E-state index contributed by atoms with van der Waals surface area (Å²) in [4.78, 5) is 4.23. The molecule has 2 heterocycles. The van der Waals surface area contributed by atoms with Gasteiger partial charge >= 0.3 is 6.18 Å². The molecule has 1 N–H and O–H groups in total. The summed E-state index contributed by atoms with van der Waals surface area (Å²) in [6, 6.07) is 3.84. The molecule has 0 spiro atoms. The van der Waals surface area contributed by atoms with Gasteiger partial charge in [0, 0.05) is 6.61 Å². The molecule has 108 valence electrons. The number of halogens is 3. The van der Waals surface area contributed by atoms with Gasteiger partial charge in [-0.3, -0.25) is 0 Å². The van der Waals surface area contributed by atoms with Crippen LogP contribution in [-0.2, 0) is 10.9 Å². The first-order valence-electron chi connectivity index (χ1n) is 6.34. The molecule has 1 fully saturated rings. The van der Waals surface area contributed by atoms with E-state index >= 15 is 0 Å². The molecule has 3 rings (SSSR count). The van der Waals surface area contributed by atoms with Crippen molar-refractivity contribution in [1.29, 1.82) is 0 Å². The molecule has 1 aromatic heterocycles. The highest BCUT2D eigenvalue weighted by atomic mass is 32.1. The number of rotatable bonds is 2. The molecule has 0 amide bonds. The fourth-order valence-electron chi connectivity index (χ4n) is 2.19. The third-order valence-electron chi connectivity index (χ3n) is 3.20. The smallest absolute Gasteiger partial charge is 0.379 e. The minimum atomic E-state index is -4.33. The van der Waals surface area contributed by atoms with Gasteiger partial charge in [0.25, 0.3) is 0 Å². The van der Waals surface area contributed by atoms with E-state index in [1.807, 2.05) is 0 Å². The average Bonchev–Trinajstić information content (AvgIpc) is 2.80. The van der Waals surface area contributed by atoms with Crippen LogP contribution in [-0.4, -0.2) is 24.2 Å². The zero-order valence-electron chi connectivity index (χ0n) is 10.5. The number of benzene rings is 1. The van der Waals surface area contributed by atoms with Crippen LogP contribution in [0, 0.1) is 0 Å². The molecular weight excluding hydrogens is 289 g/mol. The molecule has 1 aromatic carbocycles. The Morgan fingerprint density at radius 1 is 1.35 bits per heavy atom. The van der Waals surface area contributed by atoms with Gasteiger partial charge < -0.3 is 10.1 Å². The van der Waals surface area contributed by atoms with Gasteiger partial charge in [-0.15, -0.1) is 0 Å². The molecule has 0 bridgehead atoms. The number of aromatic nitrogens is 1. The number of nitrogens with one attached hydrogen (secondary N) is 1. The molecule has 20 heavy (non-hydrogen) atoms. The Labute approximate surface area is 117 Å². The van der Waals surface area contributed by atoms with E-state index in [0.717, 1.165) is 36.3 Å². The monoisotopic (exact) mass is 302 g/mol. The molecular formula is C13H13F3N2OS. The summed E-state index contributed by atoms with van der Waals surface area (Å²) in [5.74, 6) is 0. The highest BCUT2D eigenvalue weighted by Crippen LogP contribution is 2.34. The minimum absolute atomic E-state index is 0.186. The van der Waals surface area contributed by atoms with Gasteiger partial charge in [-0.05, 0) is 31.0 Å². The van der Waals surface area contributed by atoms with Crippen molar-refractivity contribution in [2.24, 2.45) is 0 Å². The molecule has 7 heteroatoms. The predicted molar refractivity (Wildman–Crippen MR) is 72.1 cm³/mol. The molecule has 1 aliphatic heterocycles. The number of hydrogen-bond donors (Lipinski definition) is 1. The third-order valence-corrected chi connectivity index (χ3v) is 4.17. The first-order chi connectivity index (χ1) is 9.52. The molecule has 0 aliphatic carbocycles. The number of thiazole rings is 1. The van der Waals surface area contributed by atoms with Crippen LogP contribution in [0.2, 0.25) is 0 Å². The Morgan fingerprint density at radius 3 is 2.90 bits per heavy atom. The zero-order valence-corrected chi connectivity index (χ0v) is 11.4. The van der Waals surface area contributed by atoms with Crippen LogP contribution < -0.4 is 5.32 Å². The van der Waals surface area contributed by atoms with Crippen molar-refractivity contribution < 1.29 is 17.9 Å². The molecule has 0 saturated carbocycles. The molecule has 1 aliphatic rings. The van der Waals surface area contributed by atoms with Crippen LogP contribution in [0.25, 0.3) is 10.2 Å².